The summed E-state index contributed by atoms with van der Waals surface area (Å²) >= 11 is 0. The smallest absolute Gasteiger partial charge is 0.264 e. The largest absolute Gasteiger partial charge is 0.333 e. The van der Waals surface area contributed by atoms with Crippen molar-refractivity contribution in [2.45, 2.75) is 32.6 Å². The molecule has 1 atom stereocenters. The van der Waals surface area contributed by atoms with Gasteiger partial charge in [0, 0.05) is 6.16 Å². The fourth-order valence-corrected chi connectivity index (χ4v) is 1.44. The summed E-state index contributed by atoms with van der Waals surface area (Å²) < 4.78 is 10.5. The topological polar surface area (TPSA) is 63.3 Å². The first-order valence-electron chi connectivity index (χ1n) is 3.66. The molecule has 0 radical (unpaired) electrons. The first kappa shape index (κ1) is 10.2. The molecule has 3 N–H and O–H groups in total. The molecule has 0 rings (SSSR count). The molecule has 0 aliphatic rings. The lowest BCUT2D eigenvalue weighted by molar-refractivity contribution is 0.476. The highest BCUT2D eigenvalue weighted by atomic mass is 31.2. The van der Waals surface area contributed by atoms with Gasteiger partial charge in [0.05, 0.1) is 0 Å². The van der Waals surface area contributed by atoms with Crippen molar-refractivity contribution in [3.63, 3.8) is 0 Å². The zero-order valence-corrected chi connectivity index (χ0v) is 7.31. The molecular weight excluding hydrogens is 149 g/mol. The third-order valence-corrected chi connectivity index (χ3v) is 2.29. The maximum Gasteiger partial charge on any atom is 0.264 e. The molecule has 0 aliphatic carbocycles. The van der Waals surface area contributed by atoms with Gasteiger partial charge in [-0.05, 0) is 6.42 Å². The Bertz CT molecular complexity index is 121. The fourth-order valence-electron chi connectivity index (χ4n) is 0.765. The van der Waals surface area contributed by atoms with Crippen molar-refractivity contribution in [2.24, 2.45) is 5.50 Å². The summed E-state index contributed by atoms with van der Waals surface area (Å²) in [5.74, 6) is 0. The standard InChI is InChI=1S/C6H16NO2P/c1-2-3-4-5-6-10(7,8)9/h2-6H2,1H3,(H3,7,8,9). The Morgan fingerprint density at radius 1 is 1.40 bits per heavy atom. The Balaban J connectivity index is 3.13. The van der Waals surface area contributed by atoms with E-state index in [2.05, 4.69) is 6.92 Å². The van der Waals surface area contributed by atoms with Crippen LogP contribution in [0.2, 0.25) is 0 Å². The molecule has 0 aliphatic heterocycles. The minimum Gasteiger partial charge on any atom is -0.333 e. The van der Waals surface area contributed by atoms with Gasteiger partial charge in [0.1, 0.15) is 0 Å². The summed E-state index contributed by atoms with van der Waals surface area (Å²) in [7, 11) is -3.21. The molecule has 0 spiro atoms. The van der Waals surface area contributed by atoms with Gasteiger partial charge in [-0.1, -0.05) is 26.2 Å². The molecule has 0 saturated carbocycles. The van der Waals surface area contributed by atoms with E-state index in [1.807, 2.05) is 0 Å². The molecule has 0 saturated heterocycles. The van der Waals surface area contributed by atoms with Crippen molar-refractivity contribution in [3.05, 3.63) is 0 Å². The highest BCUT2D eigenvalue weighted by Crippen LogP contribution is 2.30. The van der Waals surface area contributed by atoms with Gasteiger partial charge in [-0.3, -0.25) is 10.1 Å². The van der Waals surface area contributed by atoms with Crippen LogP contribution in [0, 0.1) is 0 Å². The maximum atomic E-state index is 10.5. The lowest BCUT2D eigenvalue weighted by Crippen LogP contribution is -1.97. The van der Waals surface area contributed by atoms with Crippen molar-refractivity contribution in [3.8, 4) is 0 Å². The third-order valence-electron chi connectivity index (χ3n) is 1.33. The Morgan fingerprint density at radius 2 is 2.00 bits per heavy atom. The minimum absolute atomic E-state index is 0.271. The van der Waals surface area contributed by atoms with Crippen molar-refractivity contribution in [1.29, 1.82) is 0 Å². The van der Waals surface area contributed by atoms with Gasteiger partial charge < -0.3 is 4.89 Å². The van der Waals surface area contributed by atoms with E-state index in [4.69, 9.17) is 10.4 Å². The Labute approximate surface area is 62.1 Å². The van der Waals surface area contributed by atoms with E-state index in [1.165, 1.54) is 0 Å². The van der Waals surface area contributed by atoms with E-state index in [0.717, 1.165) is 25.7 Å². The lowest BCUT2D eigenvalue weighted by atomic mass is 10.2. The Morgan fingerprint density at radius 3 is 2.40 bits per heavy atom. The van der Waals surface area contributed by atoms with E-state index in [0.29, 0.717) is 0 Å². The molecule has 0 aromatic carbocycles. The van der Waals surface area contributed by atoms with Gasteiger partial charge in [0.15, 0.2) is 0 Å². The lowest BCUT2D eigenvalue weighted by Gasteiger charge is -2.02. The zero-order chi connectivity index (χ0) is 8.04. The van der Waals surface area contributed by atoms with Crippen LogP contribution in [0.1, 0.15) is 32.6 Å². The summed E-state index contributed by atoms with van der Waals surface area (Å²) in [6, 6.07) is 0. The summed E-state index contributed by atoms with van der Waals surface area (Å²) in [6.07, 6.45) is 4.32. The van der Waals surface area contributed by atoms with Crippen molar-refractivity contribution in [2.75, 3.05) is 6.16 Å². The average molecular weight is 165 g/mol. The number of rotatable bonds is 5. The zero-order valence-electron chi connectivity index (χ0n) is 6.42. The number of unbranched alkanes of at least 4 members (excludes halogenated alkanes) is 3. The highest BCUT2D eigenvalue weighted by Gasteiger charge is 2.08. The van der Waals surface area contributed by atoms with E-state index >= 15 is 0 Å². The second-order valence-electron chi connectivity index (χ2n) is 2.54. The molecular formula is C6H16NO2P. The molecule has 0 aromatic rings. The van der Waals surface area contributed by atoms with Crippen LogP contribution in [0.25, 0.3) is 0 Å². The quantitative estimate of drug-likeness (QED) is 0.481. The monoisotopic (exact) mass is 165 g/mol. The molecule has 0 bridgehead atoms. The van der Waals surface area contributed by atoms with E-state index in [1.54, 1.807) is 0 Å². The molecule has 0 amide bonds. The summed E-state index contributed by atoms with van der Waals surface area (Å²) in [6.45, 7) is 2.10. The molecule has 62 valence electrons. The van der Waals surface area contributed by atoms with Crippen LogP contribution in [0.15, 0.2) is 0 Å². The first-order valence-corrected chi connectivity index (χ1v) is 5.58. The van der Waals surface area contributed by atoms with Crippen molar-refractivity contribution < 1.29 is 9.46 Å². The molecule has 1 unspecified atom stereocenters. The molecule has 0 heterocycles. The van der Waals surface area contributed by atoms with Gasteiger partial charge >= 0.3 is 0 Å². The van der Waals surface area contributed by atoms with E-state index in [-0.39, 0.29) is 6.16 Å². The van der Waals surface area contributed by atoms with Crippen LogP contribution >= 0.6 is 7.52 Å². The second-order valence-corrected chi connectivity index (χ2v) is 4.50. The van der Waals surface area contributed by atoms with Crippen LogP contribution < -0.4 is 5.50 Å². The van der Waals surface area contributed by atoms with Crippen molar-refractivity contribution in [1.82, 2.24) is 0 Å². The average Bonchev–Trinajstić information content (AvgIpc) is 1.78. The normalized spacial score (nSPS) is 16.7. The van der Waals surface area contributed by atoms with Crippen LogP contribution in [-0.4, -0.2) is 11.1 Å². The van der Waals surface area contributed by atoms with Gasteiger partial charge in [0.25, 0.3) is 7.52 Å². The maximum absolute atomic E-state index is 10.5. The van der Waals surface area contributed by atoms with E-state index < -0.39 is 7.52 Å². The summed E-state index contributed by atoms with van der Waals surface area (Å²) in [5, 5.41) is 0. The highest BCUT2D eigenvalue weighted by molar-refractivity contribution is 7.55. The molecule has 0 fully saturated rings. The minimum atomic E-state index is -3.21. The van der Waals surface area contributed by atoms with Gasteiger partial charge in [-0.2, -0.15) is 0 Å². The van der Waals surface area contributed by atoms with Crippen molar-refractivity contribution >= 4 is 7.52 Å². The molecule has 4 heteroatoms. The molecule has 3 nitrogen and oxygen atoms in total. The van der Waals surface area contributed by atoms with Crippen LogP contribution in [0.3, 0.4) is 0 Å². The molecule has 0 aromatic heterocycles. The number of hydrogen-bond acceptors (Lipinski definition) is 1. The predicted octanol–water partition coefficient (Wildman–Crippen LogP) is 1.71. The predicted molar refractivity (Wildman–Crippen MR) is 43.0 cm³/mol. The second kappa shape index (κ2) is 4.89. The van der Waals surface area contributed by atoms with Crippen LogP contribution in [0.4, 0.5) is 0 Å². The van der Waals surface area contributed by atoms with Crippen LogP contribution in [0.5, 0.6) is 0 Å². The Kier molecular flexibility index (Phi) is 4.96. The SMILES string of the molecule is CCCCCCP(N)(=O)O. The third kappa shape index (κ3) is 8.15. The van der Waals surface area contributed by atoms with Gasteiger partial charge in [-0.25, -0.2) is 0 Å². The summed E-state index contributed by atoms with van der Waals surface area (Å²) in [5.41, 5.74) is 4.93. The van der Waals surface area contributed by atoms with Crippen LogP contribution in [-0.2, 0) is 4.57 Å². The van der Waals surface area contributed by atoms with E-state index in [9.17, 15) is 4.57 Å². The fraction of sp³-hybridized carbons (Fsp3) is 1.00. The molecule has 10 heavy (non-hydrogen) atoms. The summed E-state index contributed by atoms with van der Waals surface area (Å²) in [4.78, 5) is 8.65. The number of nitrogens with two attached hydrogens (primary N) is 1. The van der Waals surface area contributed by atoms with Gasteiger partial charge in [0.2, 0.25) is 0 Å². The number of hydrogen-bond donors (Lipinski definition) is 2. The Hall–Kier alpha value is 0.150. The van der Waals surface area contributed by atoms with Gasteiger partial charge in [-0.15, -0.1) is 0 Å². The first-order chi connectivity index (χ1) is 4.56.